The number of aryl methyl sites for hydroxylation is 1. The molecule has 1 unspecified atom stereocenters. The quantitative estimate of drug-likeness (QED) is 0.796. The van der Waals surface area contributed by atoms with E-state index in [1.807, 2.05) is 39.0 Å². The number of hydrogen-bond acceptors (Lipinski definition) is 3. The SMILES string of the molecule is CCOC(=O)C(C)(CC1CC1)Nc1cccc(C)c1. The Morgan fingerprint density at radius 2 is 2.21 bits per heavy atom. The Kier molecular flexibility index (Phi) is 4.13. The standard InChI is InChI=1S/C16H23NO2/c1-4-19-15(18)16(3,11-13-8-9-13)17-14-7-5-6-12(2)10-14/h5-7,10,13,17H,4,8-9,11H2,1-3H3. The molecule has 1 fully saturated rings. The molecule has 3 heteroatoms. The summed E-state index contributed by atoms with van der Waals surface area (Å²) < 4.78 is 5.24. The minimum atomic E-state index is -0.620. The van der Waals surface area contributed by atoms with Crippen molar-refractivity contribution in [1.82, 2.24) is 0 Å². The normalized spacial score (nSPS) is 17.6. The Morgan fingerprint density at radius 1 is 1.47 bits per heavy atom. The van der Waals surface area contributed by atoms with E-state index in [2.05, 4.69) is 11.4 Å². The van der Waals surface area contributed by atoms with Crippen molar-refractivity contribution in [3.63, 3.8) is 0 Å². The van der Waals surface area contributed by atoms with Gasteiger partial charge in [0.1, 0.15) is 5.54 Å². The van der Waals surface area contributed by atoms with E-state index in [9.17, 15) is 4.79 Å². The topological polar surface area (TPSA) is 38.3 Å². The molecule has 1 aliphatic rings. The van der Waals surface area contributed by atoms with Gasteiger partial charge in [0.05, 0.1) is 6.61 Å². The van der Waals surface area contributed by atoms with Crippen LogP contribution in [0, 0.1) is 12.8 Å². The lowest BCUT2D eigenvalue weighted by Gasteiger charge is -2.29. The number of hydrogen-bond donors (Lipinski definition) is 1. The Balaban J connectivity index is 2.14. The summed E-state index contributed by atoms with van der Waals surface area (Å²) >= 11 is 0. The Labute approximate surface area is 115 Å². The van der Waals surface area contributed by atoms with Crippen LogP contribution in [0.1, 0.15) is 38.7 Å². The van der Waals surface area contributed by atoms with Gasteiger partial charge in [-0.2, -0.15) is 0 Å². The molecule has 1 N–H and O–H groups in total. The average molecular weight is 261 g/mol. The van der Waals surface area contributed by atoms with Crippen LogP contribution in [0.25, 0.3) is 0 Å². The molecule has 1 aliphatic carbocycles. The Morgan fingerprint density at radius 3 is 2.79 bits per heavy atom. The first kappa shape index (κ1) is 13.9. The van der Waals surface area contributed by atoms with E-state index in [0.29, 0.717) is 12.5 Å². The van der Waals surface area contributed by atoms with Crippen molar-refractivity contribution in [3.8, 4) is 0 Å². The number of esters is 1. The number of anilines is 1. The first-order valence-electron chi connectivity index (χ1n) is 7.05. The molecular weight excluding hydrogens is 238 g/mol. The van der Waals surface area contributed by atoms with Crippen LogP contribution < -0.4 is 5.32 Å². The van der Waals surface area contributed by atoms with Gasteiger partial charge in [-0.25, -0.2) is 4.79 Å². The predicted molar refractivity (Wildman–Crippen MR) is 77.2 cm³/mol. The minimum Gasteiger partial charge on any atom is -0.464 e. The molecule has 0 spiro atoms. The smallest absolute Gasteiger partial charge is 0.331 e. The number of benzene rings is 1. The molecule has 19 heavy (non-hydrogen) atoms. The Bertz CT molecular complexity index is 454. The largest absolute Gasteiger partial charge is 0.464 e. The van der Waals surface area contributed by atoms with Gasteiger partial charge in [-0.3, -0.25) is 0 Å². The van der Waals surface area contributed by atoms with Gasteiger partial charge >= 0.3 is 5.97 Å². The van der Waals surface area contributed by atoms with E-state index in [0.717, 1.165) is 12.1 Å². The highest BCUT2D eigenvalue weighted by molar-refractivity contribution is 5.84. The fraction of sp³-hybridized carbons (Fsp3) is 0.562. The van der Waals surface area contributed by atoms with Gasteiger partial charge in [0.2, 0.25) is 0 Å². The first-order valence-corrected chi connectivity index (χ1v) is 7.05. The molecule has 1 atom stereocenters. The third-order valence-corrected chi connectivity index (χ3v) is 3.56. The number of ether oxygens (including phenoxy) is 1. The second kappa shape index (κ2) is 5.64. The van der Waals surface area contributed by atoms with Crippen LogP contribution >= 0.6 is 0 Å². The monoisotopic (exact) mass is 261 g/mol. The van der Waals surface area contributed by atoms with Gasteiger partial charge in [0.15, 0.2) is 0 Å². The molecule has 0 saturated heterocycles. The van der Waals surface area contributed by atoms with Crippen LogP contribution in [0.15, 0.2) is 24.3 Å². The van der Waals surface area contributed by atoms with Crippen molar-refractivity contribution in [2.75, 3.05) is 11.9 Å². The van der Waals surface area contributed by atoms with Crippen molar-refractivity contribution in [3.05, 3.63) is 29.8 Å². The molecule has 1 aromatic rings. The lowest BCUT2D eigenvalue weighted by Crippen LogP contribution is -2.45. The summed E-state index contributed by atoms with van der Waals surface area (Å²) in [5.41, 5.74) is 1.55. The molecule has 0 aliphatic heterocycles. The fourth-order valence-electron chi connectivity index (χ4n) is 2.42. The maximum Gasteiger partial charge on any atom is 0.331 e. The molecule has 0 aromatic heterocycles. The van der Waals surface area contributed by atoms with E-state index in [1.165, 1.54) is 18.4 Å². The van der Waals surface area contributed by atoms with Crippen molar-refractivity contribution in [2.24, 2.45) is 5.92 Å². The lowest BCUT2D eigenvalue weighted by atomic mass is 9.94. The van der Waals surface area contributed by atoms with Crippen molar-refractivity contribution in [2.45, 2.75) is 45.6 Å². The lowest BCUT2D eigenvalue weighted by molar-refractivity contribution is -0.148. The van der Waals surface area contributed by atoms with Crippen molar-refractivity contribution in [1.29, 1.82) is 0 Å². The highest BCUT2D eigenvalue weighted by Gasteiger charge is 2.40. The van der Waals surface area contributed by atoms with Crippen LogP contribution in [-0.2, 0) is 9.53 Å². The molecule has 0 heterocycles. The number of rotatable bonds is 6. The molecular formula is C16H23NO2. The van der Waals surface area contributed by atoms with Gasteiger partial charge in [0, 0.05) is 5.69 Å². The zero-order valence-electron chi connectivity index (χ0n) is 12.0. The minimum absolute atomic E-state index is 0.150. The molecule has 0 bridgehead atoms. The maximum atomic E-state index is 12.2. The number of nitrogens with one attached hydrogen (secondary N) is 1. The van der Waals surface area contributed by atoms with Gasteiger partial charge in [-0.1, -0.05) is 25.0 Å². The molecule has 3 nitrogen and oxygen atoms in total. The Hall–Kier alpha value is -1.51. The fourth-order valence-corrected chi connectivity index (χ4v) is 2.42. The summed E-state index contributed by atoms with van der Waals surface area (Å²) in [6, 6.07) is 8.11. The third kappa shape index (κ3) is 3.72. The zero-order chi connectivity index (χ0) is 13.9. The van der Waals surface area contributed by atoms with Gasteiger partial charge < -0.3 is 10.1 Å². The highest BCUT2D eigenvalue weighted by Crippen LogP contribution is 2.38. The molecule has 1 aromatic carbocycles. The summed E-state index contributed by atoms with van der Waals surface area (Å²) in [6.45, 7) is 6.27. The average Bonchev–Trinajstić information content (AvgIpc) is 3.13. The van der Waals surface area contributed by atoms with Gasteiger partial charge in [0.25, 0.3) is 0 Å². The maximum absolute atomic E-state index is 12.2. The summed E-state index contributed by atoms with van der Waals surface area (Å²) in [7, 11) is 0. The first-order chi connectivity index (χ1) is 9.03. The molecule has 104 valence electrons. The van der Waals surface area contributed by atoms with E-state index in [4.69, 9.17) is 4.74 Å². The summed E-state index contributed by atoms with van der Waals surface area (Å²) in [4.78, 5) is 12.2. The van der Waals surface area contributed by atoms with Crippen LogP contribution in [0.3, 0.4) is 0 Å². The second-order valence-corrected chi connectivity index (χ2v) is 5.69. The molecule has 2 rings (SSSR count). The van der Waals surface area contributed by atoms with Gasteiger partial charge in [-0.05, 0) is 50.8 Å². The van der Waals surface area contributed by atoms with E-state index in [1.54, 1.807) is 0 Å². The van der Waals surface area contributed by atoms with E-state index >= 15 is 0 Å². The summed E-state index contributed by atoms with van der Waals surface area (Å²) in [5.74, 6) is 0.509. The number of carbonyl (C=O) groups is 1. The molecule has 1 saturated carbocycles. The third-order valence-electron chi connectivity index (χ3n) is 3.56. The molecule has 0 radical (unpaired) electrons. The van der Waals surface area contributed by atoms with Gasteiger partial charge in [-0.15, -0.1) is 0 Å². The van der Waals surface area contributed by atoms with Crippen LogP contribution in [0.5, 0.6) is 0 Å². The molecule has 0 amide bonds. The predicted octanol–water partition coefficient (Wildman–Crippen LogP) is 3.53. The van der Waals surface area contributed by atoms with Crippen LogP contribution in [0.4, 0.5) is 5.69 Å². The highest BCUT2D eigenvalue weighted by atomic mass is 16.5. The van der Waals surface area contributed by atoms with Crippen molar-refractivity contribution < 1.29 is 9.53 Å². The van der Waals surface area contributed by atoms with E-state index < -0.39 is 5.54 Å². The van der Waals surface area contributed by atoms with Crippen LogP contribution in [-0.4, -0.2) is 18.1 Å². The van der Waals surface area contributed by atoms with E-state index in [-0.39, 0.29) is 5.97 Å². The second-order valence-electron chi connectivity index (χ2n) is 5.69. The summed E-state index contributed by atoms with van der Waals surface area (Å²) in [6.07, 6.45) is 3.30. The van der Waals surface area contributed by atoms with Crippen molar-refractivity contribution >= 4 is 11.7 Å². The zero-order valence-corrected chi connectivity index (χ0v) is 12.0. The number of carbonyl (C=O) groups excluding carboxylic acids is 1. The van der Waals surface area contributed by atoms with Crippen LogP contribution in [0.2, 0.25) is 0 Å². The summed E-state index contributed by atoms with van der Waals surface area (Å²) in [5, 5.41) is 3.38.